The molecule has 1 aliphatic heterocycles. The molecule has 6 heteroatoms. The first-order valence-corrected chi connectivity index (χ1v) is 7.85. The summed E-state index contributed by atoms with van der Waals surface area (Å²) in [4.78, 5) is 4.12. The lowest BCUT2D eigenvalue weighted by atomic mass is 10.2. The quantitative estimate of drug-likeness (QED) is 0.778. The normalized spacial score (nSPS) is 16.7. The molecular weight excluding hydrogens is 264 g/mol. The van der Waals surface area contributed by atoms with Crippen molar-refractivity contribution >= 4 is 21.6 Å². The molecule has 19 heavy (non-hydrogen) atoms. The van der Waals surface area contributed by atoms with E-state index in [1.807, 2.05) is 6.07 Å². The Morgan fingerprint density at radius 1 is 1.37 bits per heavy atom. The maximum absolute atomic E-state index is 12.0. The van der Waals surface area contributed by atoms with Gasteiger partial charge in [-0.15, -0.1) is 0 Å². The summed E-state index contributed by atoms with van der Waals surface area (Å²) in [6, 6.07) is 3.59. The summed E-state index contributed by atoms with van der Waals surface area (Å²) in [5.74, 6) is 0.799. The fourth-order valence-corrected chi connectivity index (χ4v) is 2.89. The number of fused-ring (bicyclic) bond motifs is 1. The zero-order valence-corrected chi connectivity index (χ0v) is 12.0. The van der Waals surface area contributed by atoms with Gasteiger partial charge in [-0.05, 0) is 18.6 Å². The van der Waals surface area contributed by atoms with Crippen LogP contribution >= 0.6 is 0 Å². The molecule has 1 aliphatic rings. The van der Waals surface area contributed by atoms with E-state index in [1.54, 1.807) is 12.3 Å². The minimum atomic E-state index is -3.48. The highest BCUT2D eigenvalue weighted by atomic mass is 32.2. The highest BCUT2D eigenvalue weighted by Gasteiger charge is 2.28. The van der Waals surface area contributed by atoms with Gasteiger partial charge >= 0.3 is 0 Å². The van der Waals surface area contributed by atoms with Gasteiger partial charge in [0.1, 0.15) is 5.76 Å². The molecule has 2 rings (SSSR count). The van der Waals surface area contributed by atoms with Gasteiger partial charge in [-0.1, -0.05) is 19.8 Å². The van der Waals surface area contributed by atoms with Crippen LogP contribution in [0.4, 0.5) is 5.82 Å². The minimum Gasteiger partial charge on any atom is -0.492 e. The number of pyridine rings is 1. The molecule has 0 bridgehead atoms. The van der Waals surface area contributed by atoms with Crippen molar-refractivity contribution in [2.75, 3.05) is 18.0 Å². The van der Waals surface area contributed by atoms with Gasteiger partial charge < -0.3 is 4.74 Å². The summed E-state index contributed by atoms with van der Waals surface area (Å²) >= 11 is 0. The Balaban J connectivity index is 2.26. The monoisotopic (exact) mass is 282 g/mol. The van der Waals surface area contributed by atoms with Crippen LogP contribution in [-0.4, -0.2) is 27.1 Å². The van der Waals surface area contributed by atoms with Crippen LogP contribution in [0.5, 0.6) is 0 Å². The van der Waals surface area contributed by atoms with Crippen molar-refractivity contribution in [1.29, 1.82) is 0 Å². The maximum atomic E-state index is 12.0. The SMILES string of the molecule is CCCCCOC1=CS(=O)(=O)N(C)c2ncccc21. The van der Waals surface area contributed by atoms with E-state index >= 15 is 0 Å². The van der Waals surface area contributed by atoms with E-state index in [4.69, 9.17) is 4.74 Å². The third kappa shape index (κ3) is 2.89. The molecule has 0 saturated carbocycles. The summed E-state index contributed by atoms with van der Waals surface area (Å²) < 4.78 is 30.7. The molecule has 0 amide bonds. The predicted octanol–water partition coefficient (Wildman–Crippen LogP) is 2.37. The van der Waals surface area contributed by atoms with Gasteiger partial charge in [0.05, 0.1) is 17.6 Å². The summed E-state index contributed by atoms with van der Waals surface area (Å²) in [6.07, 6.45) is 4.66. The first kappa shape index (κ1) is 13.9. The molecular formula is C13H18N2O3S. The van der Waals surface area contributed by atoms with Crippen molar-refractivity contribution in [2.45, 2.75) is 26.2 Å². The largest absolute Gasteiger partial charge is 0.492 e. The van der Waals surface area contributed by atoms with Gasteiger partial charge in [0, 0.05) is 13.2 Å². The molecule has 1 aromatic heterocycles. The number of anilines is 1. The van der Waals surface area contributed by atoms with Gasteiger partial charge in [0.25, 0.3) is 10.0 Å². The molecule has 0 aliphatic carbocycles. The van der Waals surface area contributed by atoms with Crippen LogP contribution in [0.15, 0.2) is 23.7 Å². The number of aromatic nitrogens is 1. The Kier molecular flexibility index (Phi) is 4.09. The third-order valence-electron chi connectivity index (χ3n) is 2.99. The highest BCUT2D eigenvalue weighted by Crippen LogP contribution is 2.32. The average molecular weight is 282 g/mol. The number of ether oxygens (including phenoxy) is 1. The Morgan fingerprint density at radius 3 is 2.89 bits per heavy atom. The molecule has 0 atom stereocenters. The van der Waals surface area contributed by atoms with Crippen molar-refractivity contribution in [3.05, 3.63) is 29.3 Å². The molecule has 2 heterocycles. The molecule has 5 nitrogen and oxygen atoms in total. The van der Waals surface area contributed by atoms with Crippen LogP contribution < -0.4 is 4.31 Å². The smallest absolute Gasteiger partial charge is 0.262 e. The number of sulfonamides is 1. The van der Waals surface area contributed by atoms with Gasteiger partial charge in [-0.2, -0.15) is 0 Å². The first-order valence-electron chi connectivity index (χ1n) is 6.35. The molecule has 0 aromatic carbocycles. The maximum Gasteiger partial charge on any atom is 0.262 e. The van der Waals surface area contributed by atoms with Gasteiger partial charge in [0.15, 0.2) is 5.82 Å². The molecule has 0 radical (unpaired) electrons. The van der Waals surface area contributed by atoms with Crippen LogP contribution in [-0.2, 0) is 14.8 Å². The van der Waals surface area contributed by atoms with Crippen molar-refractivity contribution in [1.82, 2.24) is 4.98 Å². The second-order valence-corrected chi connectivity index (χ2v) is 6.24. The van der Waals surface area contributed by atoms with E-state index in [1.165, 1.54) is 16.8 Å². The Labute approximate surface area is 114 Å². The van der Waals surface area contributed by atoms with Crippen molar-refractivity contribution in [2.24, 2.45) is 0 Å². The highest BCUT2D eigenvalue weighted by molar-refractivity contribution is 7.95. The molecule has 0 saturated heterocycles. The van der Waals surface area contributed by atoms with Gasteiger partial charge in [-0.25, -0.2) is 13.4 Å². The fraction of sp³-hybridized carbons (Fsp3) is 0.462. The van der Waals surface area contributed by atoms with Crippen LogP contribution in [0.3, 0.4) is 0 Å². The Hall–Kier alpha value is -1.56. The van der Waals surface area contributed by atoms with E-state index < -0.39 is 10.0 Å². The molecule has 0 fully saturated rings. The van der Waals surface area contributed by atoms with Gasteiger partial charge in [0.2, 0.25) is 0 Å². The summed E-state index contributed by atoms with van der Waals surface area (Å²) in [7, 11) is -1.99. The zero-order valence-electron chi connectivity index (χ0n) is 11.2. The van der Waals surface area contributed by atoms with Crippen LogP contribution in [0.1, 0.15) is 31.7 Å². The third-order valence-corrected chi connectivity index (χ3v) is 4.44. The molecule has 0 N–H and O–H groups in total. The summed E-state index contributed by atoms with van der Waals surface area (Å²) in [6.45, 7) is 2.63. The number of rotatable bonds is 5. The predicted molar refractivity (Wildman–Crippen MR) is 75.0 cm³/mol. The van der Waals surface area contributed by atoms with Crippen molar-refractivity contribution in [3.8, 4) is 0 Å². The van der Waals surface area contributed by atoms with Crippen LogP contribution in [0, 0.1) is 0 Å². The van der Waals surface area contributed by atoms with Crippen molar-refractivity contribution < 1.29 is 13.2 Å². The minimum absolute atomic E-state index is 0.386. The summed E-state index contributed by atoms with van der Waals surface area (Å²) in [5, 5.41) is 1.17. The Bertz CT molecular complexity index is 581. The van der Waals surface area contributed by atoms with E-state index in [0.29, 0.717) is 18.2 Å². The zero-order chi connectivity index (χ0) is 13.9. The van der Waals surface area contributed by atoms with Gasteiger partial charge in [-0.3, -0.25) is 4.31 Å². The lowest BCUT2D eigenvalue weighted by molar-refractivity contribution is 0.268. The number of hydrogen-bond donors (Lipinski definition) is 0. The standard InChI is InChI=1S/C13H18N2O3S/c1-3-4-5-9-18-12-10-19(16,17)15(2)13-11(12)7-6-8-14-13/h6-8,10H,3-5,9H2,1-2H3. The average Bonchev–Trinajstić information content (AvgIpc) is 2.40. The van der Waals surface area contributed by atoms with E-state index in [9.17, 15) is 8.42 Å². The van der Waals surface area contributed by atoms with E-state index in [-0.39, 0.29) is 0 Å². The van der Waals surface area contributed by atoms with Crippen molar-refractivity contribution in [3.63, 3.8) is 0 Å². The number of hydrogen-bond acceptors (Lipinski definition) is 4. The number of unbranched alkanes of at least 4 members (excludes halogenated alkanes) is 2. The second kappa shape index (κ2) is 5.61. The Morgan fingerprint density at radius 2 is 2.16 bits per heavy atom. The molecule has 0 spiro atoms. The fourth-order valence-electron chi connectivity index (χ4n) is 1.88. The lowest BCUT2D eigenvalue weighted by Gasteiger charge is -2.25. The van der Waals surface area contributed by atoms with E-state index in [0.717, 1.165) is 24.8 Å². The number of nitrogens with zero attached hydrogens (tertiary/aromatic N) is 2. The van der Waals surface area contributed by atoms with Crippen LogP contribution in [0.25, 0.3) is 5.76 Å². The first-order chi connectivity index (χ1) is 9.06. The molecule has 104 valence electrons. The molecule has 0 unspecified atom stereocenters. The van der Waals surface area contributed by atoms with Crippen LogP contribution in [0.2, 0.25) is 0 Å². The topological polar surface area (TPSA) is 59.5 Å². The van der Waals surface area contributed by atoms with E-state index in [2.05, 4.69) is 11.9 Å². The lowest BCUT2D eigenvalue weighted by Crippen LogP contribution is -2.29. The molecule has 1 aromatic rings. The summed E-state index contributed by atoms with van der Waals surface area (Å²) in [5.41, 5.74) is 0.719. The second-order valence-electron chi connectivity index (χ2n) is 4.42.